The summed E-state index contributed by atoms with van der Waals surface area (Å²) >= 11 is 0. The zero-order chi connectivity index (χ0) is 10.9. The molecule has 13 heavy (non-hydrogen) atoms. The third-order valence-corrected chi connectivity index (χ3v) is 2.31. The standard InChI is InChI=1S/C3H3F6NO2S/c4-1-10-13(11,12)3(8,9)2(5,6)7/h10H,1H2. The van der Waals surface area contributed by atoms with Gasteiger partial charge >= 0.3 is 11.4 Å². The van der Waals surface area contributed by atoms with E-state index in [0.29, 0.717) is 4.72 Å². The molecule has 0 aliphatic heterocycles. The summed E-state index contributed by atoms with van der Waals surface area (Å²) in [6.45, 7) is -2.03. The van der Waals surface area contributed by atoms with E-state index in [1.807, 2.05) is 0 Å². The molecule has 0 radical (unpaired) electrons. The van der Waals surface area contributed by atoms with Crippen LogP contribution in [-0.2, 0) is 10.0 Å². The molecule has 80 valence electrons. The van der Waals surface area contributed by atoms with Crippen LogP contribution in [0.25, 0.3) is 0 Å². The molecule has 0 aliphatic rings. The molecule has 0 rings (SSSR count). The fraction of sp³-hybridized carbons (Fsp3) is 1.00. The maximum Gasteiger partial charge on any atom is 0.470 e. The number of hydrogen-bond acceptors (Lipinski definition) is 2. The van der Waals surface area contributed by atoms with Crippen molar-refractivity contribution in [2.75, 3.05) is 6.80 Å². The third-order valence-electron chi connectivity index (χ3n) is 0.912. The van der Waals surface area contributed by atoms with Gasteiger partial charge < -0.3 is 0 Å². The van der Waals surface area contributed by atoms with E-state index in [0.717, 1.165) is 0 Å². The van der Waals surface area contributed by atoms with Crippen molar-refractivity contribution < 1.29 is 34.8 Å². The lowest BCUT2D eigenvalue weighted by atomic mass is 10.7. The molecular formula is C3H3F6NO2S. The van der Waals surface area contributed by atoms with Crippen LogP contribution >= 0.6 is 0 Å². The Kier molecular flexibility index (Phi) is 3.20. The number of hydrogen-bond donors (Lipinski definition) is 1. The van der Waals surface area contributed by atoms with E-state index >= 15 is 0 Å². The average molecular weight is 231 g/mol. The molecular weight excluding hydrogens is 228 g/mol. The fourth-order valence-corrected chi connectivity index (χ4v) is 0.944. The van der Waals surface area contributed by atoms with Crippen molar-refractivity contribution >= 4 is 10.0 Å². The van der Waals surface area contributed by atoms with Crippen molar-refractivity contribution in [1.29, 1.82) is 0 Å². The second-order valence-electron chi connectivity index (χ2n) is 1.80. The molecule has 0 saturated heterocycles. The van der Waals surface area contributed by atoms with Crippen LogP contribution in [0.2, 0.25) is 0 Å². The third kappa shape index (κ3) is 2.24. The highest BCUT2D eigenvalue weighted by Gasteiger charge is 2.67. The lowest BCUT2D eigenvalue weighted by Gasteiger charge is -2.18. The van der Waals surface area contributed by atoms with Crippen molar-refractivity contribution in [2.24, 2.45) is 0 Å². The zero-order valence-electron chi connectivity index (χ0n) is 5.70. The topological polar surface area (TPSA) is 46.2 Å². The Morgan fingerprint density at radius 1 is 1.08 bits per heavy atom. The first kappa shape index (κ1) is 12.5. The lowest BCUT2D eigenvalue weighted by Crippen LogP contribution is -2.49. The quantitative estimate of drug-likeness (QED) is 0.581. The summed E-state index contributed by atoms with van der Waals surface area (Å²) in [7, 11) is -6.05. The van der Waals surface area contributed by atoms with Gasteiger partial charge in [0.25, 0.3) is 10.0 Å². The van der Waals surface area contributed by atoms with Crippen LogP contribution in [0.15, 0.2) is 0 Å². The summed E-state index contributed by atoms with van der Waals surface area (Å²) in [5.74, 6) is 0. The van der Waals surface area contributed by atoms with Gasteiger partial charge in [-0.25, -0.2) is 12.8 Å². The van der Waals surface area contributed by atoms with Crippen molar-refractivity contribution in [3.05, 3.63) is 0 Å². The van der Waals surface area contributed by atoms with E-state index in [1.54, 1.807) is 0 Å². The average Bonchev–Trinajstić information content (AvgIpc) is 1.84. The number of sulfonamides is 1. The highest BCUT2D eigenvalue weighted by atomic mass is 32.2. The Morgan fingerprint density at radius 3 is 1.69 bits per heavy atom. The van der Waals surface area contributed by atoms with Crippen molar-refractivity contribution in [2.45, 2.75) is 11.4 Å². The first-order valence-corrected chi connectivity index (χ1v) is 4.04. The van der Waals surface area contributed by atoms with Crippen molar-refractivity contribution in [1.82, 2.24) is 4.72 Å². The normalized spacial score (nSPS) is 14.6. The van der Waals surface area contributed by atoms with E-state index in [2.05, 4.69) is 0 Å². The monoisotopic (exact) mass is 231 g/mol. The van der Waals surface area contributed by atoms with Gasteiger partial charge in [-0.15, -0.1) is 0 Å². The highest BCUT2D eigenvalue weighted by molar-refractivity contribution is 7.90. The molecule has 0 aromatic rings. The second kappa shape index (κ2) is 3.33. The maximum atomic E-state index is 12.0. The number of rotatable bonds is 3. The molecule has 1 N–H and O–H groups in total. The van der Waals surface area contributed by atoms with Gasteiger partial charge in [0.05, 0.1) is 0 Å². The van der Waals surface area contributed by atoms with Crippen LogP contribution in [0.3, 0.4) is 0 Å². The van der Waals surface area contributed by atoms with Gasteiger partial charge in [0.15, 0.2) is 6.80 Å². The van der Waals surface area contributed by atoms with Crippen LogP contribution in [-0.4, -0.2) is 26.6 Å². The molecule has 0 aromatic heterocycles. The molecule has 0 bridgehead atoms. The molecule has 0 spiro atoms. The van der Waals surface area contributed by atoms with Crippen LogP contribution < -0.4 is 4.72 Å². The Hall–Kier alpha value is -0.510. The number of alkyl halides is 6. The summed E-state index contributed by atoms with van der Waals surface area (Å²) in [5.41, 5.74) is 0. The van der Waals surface area contributed by atoms with E-state index < -0.39 is 28.3 Å². The molecule has 3 nitrogen and oxygen atoms in total. The molecule has 0 saturated carbocycles. The minimum Gasteiger partial charge on any atom is -0.233 e. The summed E-state index contributed by atoms with van der Waals surface area (Å²) in [4.78, 5) is 0. The molecule has 0 aromatic carbocycles. The lowest BCUT2D eigenvalue weighted by molar-refractivity contribution is -0.241. The van der Waals surface area contributed by atoms with Gasteiger partial charge in [-0.2, -0.15) is 26.7 Å². The number of halogens is 6. The molecule has 0 amide bonds. The predicted molar refractivity (Wildman–Crippen MR) is 29.0 cm³/mol. The van der Waals surface area contributed by atoms with Gasteiger partial charge in [0.1, 0.15) is 0 Å². The Labute approximate surface area is 68.8 Å². The highest BCUT2D eigenvalue weighted by Crippen LogP contribution is 2.39. The van der Waals surface area contributed by atoms with Crippen molar-refractivity contribution in [3.8, 4) is 0 Å². The van der Waals surface area contributed by atoms with Gasteiger partial charge in [-0.05, 0) is 0 Å². The van der Waals surface area contributed by atoms with E-state index in [-0.39, 0.29) is 0 Å². The molecule has 0 aliphatic carbocycles. The summed E-state index contributed by atoms with van der Waals surface area (Å²) in [6.07, 6.45) is -6.27. The summed E-state index contributed by atoms with van der Waals surface area (Å²) < 4.78 is 89.8. The molecule has 0 heterocycles. The predicted octanol–water partition coefficient (Wildman–Crippen LogP) is 0.988. The zero-order valence-corrected chi connectivity index (χ0v) is 6.52. The van der Waals surface area contributed by atoms with Gasteiger partial charge in [0, 0.05) is 0 Å². The molecule has 10 heteroatoms. The van der Waals surface area contributed by atoms with E-state index in [9.17, 15) is 34.8 Å². The molecule has 0 fully saturated rings. The Bertz CT molecular complexity index is 268. The van der Waals surface area contributed by atoms with Crippen molar-refractivity contribution in [3.63, 3.8) is 0 Å². The smallest absolute Gasteiger partial charge is 0.233 e. The summed E-state index contributed by atoms with van der Waals surface area (Å²) in [5, 5.41) is -5.99. The first-order chi connectivity index (χ1) is 5.56. The minimum atomic E-state index is -6.27. The Balaban J connectivity index is 5.06. The van der Waals surface area contributed by atoms with Gasteiger partial charge in [-0.1, -0.05) is 0 Å². The van der Waals surface area contributed by atoms with Gasteiger partial charge in [0.2, 0.25) is 0 Å². The van der Waals surface area contributed by atoms with E-state index in [4.69, 9.17) is 0 Å². The van der Waals surface area contributed by atoms with Gasteiger partial charge in [-0.3, -0.25) is 0 Å². The first-order valence-electron chi connectivity index (χ1n) is 2.56. The fourth-order valence-electron chi connectivity index (χ4n) is 0.315. The van der Waals surface area contributed by atoms with E-state index in [1.165, 1.54) is 0 Å². The summed E-state index contributed by atoms with van der Waals surface area (Å²) in [6, 6.07) is 0. The Morgan fingerprint density at radius 2 is 1.46 bits per heavy atom. The maximum absolute atomic E-state index is 12.0. The second-order valence-corrected chi connectivity index (χ2v) is 3.60. The molecule has 0 atom stereocenters. The minimum absolute atomic E-state index is 0.404. The number of nitrogens with one attached hydrogen (secondary N) is 1. The van der Waals surface area contributed by atoms with Crippen LogP contribution in [0, 0.1) is 0 Å². The SMILES string of the molecule is O=S(=O)(NCF)C(F)(F)C(F)(F)F. The van der Waals surface area contributed by atoms with Crippen LogP contribution in [0.4, 0.5) is 26.3 Å². The van der Waals surface area contributed by atoms with Crippen LogP contribution in [0.1, 0.15) is 0 Å². The largest absolute Gasteiger partial charge is 0.470 e. The molecule has 0 unspecified atom stereocenters. The van der Waals surface area contributed by atoms with Crippen LogP contribution in [0.5, 0.6) is 0 Å².